The van der Waals surface area contributed by atoms with Gasteiger partial charge in [0.1, 0.15) is 0 Å². The minimum atomic E-state index is -0.743. The average molecular weight is 249 g/mol. The number of hydrogen-bond donors (Lipinski definition) is 1. The van der Waals surface area contributed by atoms with Gasteiger partial charge in [0, 0.05) is 6.08 Å². The molecular weight excluding hydrogens is 234 g/mol. The summed E-state index contributed by atoms with van der Waals surface area (Å²) in [5.74, 6) is -1.33. The van der Waals surface area contributed by atoms with Crippen LogP contribution < -0.4 is 5.32 Å². The number of amides is 2. The molecule has 2 rings (SSSR count). The van der Waals surface area contributed by atoms with Crippen LogP contribution in [-0.2, 0) is 19.1 Å². The molecule has 0 radical (unpaired) electrons. The first-order valence-corrected chi connectivity index (χ1v) is 5.89. The van der Waals surface area contributed by atoms with Crippen LogP contribution in [0.3, 0.4) is 0 Å². The summed E-state index contributed by atoms with van der Waals surface area (Å²) in [7, 11) is 0. The van der Waals surface area contributed by atoms with Crippen LogP contribution in [0, 0.1) is 11.3 Å². The fraction of sp³-hybridized carbons (Fsp3) is 0.462. The van der Waals surface area contributed by atoms with Crippen LogP contribution in [-0.4, -0.2) is 24.4 Å². The van der Waals surface area contributed by atoms with Gasteiger partial charge in [-0.25, -0.2) is 4.79 Å². The lowest BCUT2D eigenvalue weighted by Gasteiger charge is -2.32. The number of fused-ring (bicyclic) bond motifs is 1. The molecule has 2 atom stereocenters. The van der Waals surface area contributed by atoms with Crippen molar-refractivity contribution in [1.82, 2.24) is 5.32 Å². The van der Waals surface area contributed by atoms with E-state index in [1.54, 1.807) is 0 Å². The van der Waals surface area contributed by atoms with Crippen LogP contribution in [0.1, 0.15) is 19.3 Å². The first kappa shape index (κ1) is 12.5. The topological polar surface area (TPSA) is 72.5 Å². The summed E-state index contributed by atoms with van der Waals surface area (Å²) in [6.07, 6.45) is 6.34. The van der Waals surface area contributed by atoms with Crippen LogP contribution in [0.25, 0.3) is 0 Å². The van der Waals surface area contributed by atoms with Crippen LogP contribution in [0.15, 0.2) is 24.8 Å². The number of imide groups is 1. The summed E-state index contributed by atoms with van der Waals surface area (Å²) in [5, 5.41) is 2.37. The predicted octanol–water partition coefficient (Wildman–Crippen LogP) is 0.715. The lowest BCUT2D eigenvalue weighted by Crippen LogP contribution is -2.37. The maximum absolute atomic E-state index is 12.0. The van der Waals surface area contributed by atoms with Gasteiger partial charge in [0.2, 0.25) is 11.8 Å². The first-order valence-electron chi connectivity index (χ1n) is 5.89. The Bertz CT molecular complexity index is 440. The third-order valence-electron chi connectivity index (χ3n) is 3.65. The van der Waals surface area contributed by atoms with Gasteiger partial charge < -0.3 is 4.74 Å². The molecule has 1 saturated heterocycles. The number of carbonyl (C=O) groups is 3. The number of allylic oxidation sites excluding steroid dienone is 2. The maximum atomic E-state index is 12.0. The molecule has 0 aromatic heterocycles. The number of ether oxygens (including phenoxy) is 1. The number of nitrogens with one attached hydrogen (secondary N) is 1. The molecule has 1 fully saturated rings. The Morgan fingerprint density at radius 2 is 2.33 bits per heavy atom. The van der Waals surface area contributed by atoms with Gasteiger partial charge >= 0.3 is 5.97 Å². The average Bonchev–Trinajstić information content (AvgIpc) is 2.62. The fourth-order valence-electron chi connectivity index (χ4n) is 2.61. The normalized spacial score (nSPS) is 29.7. The van der Waals surface area contributed by atoms with Crippen molar-refractivity contribution in [3.05, 3.63) is 24.8 Å². The Morgan fingerprint density at radius 1 is 1.56 bits per heavy atom. The summed E-state index contributed by atoms with van der Waals surface area (Å²) >= 11 is 0. The van der Waals surface area contributed by atoms with Crippen LogP contribution in [0.5, 0.6) is 0 Å². The van der Waals surface area contributed by atoms with Crippen molar-refractivity contribution in [2.24, 2.45) is 11.3 Å². The summed E-state index contributed by atoms with van der Waals surface area (Å²) in [6, 6.07) is 0. The Balaban J connectivity index is 2.08. The van der Waals surface area contributed by atoms with Crippen molar-refractivity contribution in [3.63, 3.8) is 0 Å². The van der Waals surface area contributed by atoms with Gasteiger partial charge in [0.15, 0.2) is 0 Å². The first-order chi connectivity index (χ1) is 8.60. The second-order valence-corrected chi connectivity index (χ2v) is 4.56. The van der Waals surface area contributed by atoms with E-state index in [2.05, 4.69) is 11.9 Å². The zero-order valence-corrected chi connectivity index (χ0v) is 9.98. The Morgan fingerprint density at radius 3 is 3.06 bits per heavy atom. The molecule has 0 spiro atoms. The monoisotopic (exact) mass is 249 g/mol. The van der Waals surface area contributed by atoms with E-state index >= 15 is 0 Å². The molecule has 2 amide bonds. The van der Waals surface area contributed by atoms with E-state index in [-0.39, 0.29) is 24.3 Å². The number of carbonyl (C=O) groups excluding carboxylic acids is 3. The fourth-order valence-corrected chi connectivity index (χ4v) is 2.61. The molecule has 18 heavy (non-hydrogen) atoms. The molecule has 0 aromatic rings. The largest absolute Gasteiger partial charge is 0.463 e. The zero-order valence-electron chi connectivity index (χ0n) is 9.98. The molecule has 1 N–H and O–H groups in total. The highest BCUT2D eigenvalue weighted by Gasteiger charge is 2.54. The van der Waals surface area contributed by atoms with Crippen molar-refractivity contribution < 1.29 is 19.1 Å². The van der Waals surface area contributed by atoms with E-state index in [1.165, 1.54) is 0 Å². The second kappa shape index (κ2) is 4.76. The van der Waals surface area contributed by atoms with Gasteiger partial charge in [-0.1, -0.05) is 18.7 Å². The highest BCUT2D eigenvalue weighted by Crippen LogP contribution is 2.45. The van der Waals surface area contributed by atoms with E-state index in [9.17, 15) is 14.4 Å². The summed E-state index contributed by atoms with van der Waals surface area (Å²) < 4.78 is 4.91. The maximum Gasteiger partial charge on any atom is 0.330 e. The predicted molar refractivity (Wildman–Crippen MR) is 63.2 cm³/mol. The van der Waals surface area contributed by atoms with Crippen LogP contribution >= 0.6 is 0 Å². The van der Waals surface area contributed by atoms with Gasteiger partial charge in [-0.2, -0.15) is 0 Å². The van der Waals surface area contributed by atoms with Crippen molar-refractivity contribution in [1.29, 1.82) is 0 Å². The standard InChI is InChI=1S/C13H15NO4/c1-2-10(15)18-8-7-13-6-4-3-5-9(13)11(16)14-12(13)17/h2-4,9H,1,5-8H2,(H,14,16,17). The van der Waals surface area contributed by atoms with Crippen molar-refractivity contribution >= 4 is 17.8 Å². The molecule has 5 heteroatoms. The van der Waals surface area contributed by atoms with Gasteiger partial charge in [-0.3, -0.25) is 14.9 Å². The molecular formula is C13H15NO4. The number of rotatable bonds is 4. The van der Waals surface area contributed by atoms with E-state index in [4.69, 9.17) is 4.74 Å². The lowest BCUT2D eigenvalue weighted by molar-refractivity contribution is -0.141. The van der Waals surface area contributed by atoms with E-state index in [0.717, 1.165) is 6.08 Å². The molecule has 0 saturated carbocycles. The van der Waals surface area contributed by atoms with Crippen molar-refractivity contribution in [2.45, 2.75) is 19.3 Å². The van der Waals surface area contributed by atoms with E-state index < -0.39 is 11.4 Å². The van der Waals surface area contributed by atoms with Gasteiger partial charge in [0.05, 0.1) is 17.9 Å². The van der Waals surface area contributed by atoms with E-state index in [1.807, 2.05) is 12.2 Å². The molecule has 1 aliphatic heterocycles. The molecule has 1 aliphatic carbocycles. The third-order valence-corrected chi connectivity index (χ3v) is 3.65. The SMILES string of the molecule is C=CC(=O)OCCC12CC=CCC1C(=O)NC2=O. The Hall–Kier alpha value is -1.91. The molecule has 0 aromatic carbocycles. The molecule has 1 heterocycles. The molecule has 0 bridgehead atoms. The number of hydrogen-bond acceptors (Lipinski definition) is 4. The van der Waals surface area contributed by atoms with Gasteiger partial charge in [0.25, 0.3) is 0 Å². The molecule has 96 valence electrons. The van der Waals surface area contributed by atoms with Crippen LogP contribution in [0.4, 0.5) is 0 Å². The minimum Gasteiger partial charge on any atom is -0.463 e. The van der Waals surface area contributed by atoms with Crippen LogP contribution in [0.2, 0.25) is 0 Å². The second-order valence-electron chi connectivity index (χ2n) is 4.56. The minimum absolute atomic E-state index is 0.121. The highest BCUT2D eigenvalue weighted by atomic mass is 16.5. The van der Waals surface area contributed by atoms with E-state index in [0.29, 0.717) is 19.3 Å². The summed E-state index contributed by atoms with van der Waals surface area (Å²) in [5.41, 5.74) is -0.743. The number of esters is 1. The Labute approximate surface area is 105 Å². The molecule has 2 unspecified atom stereocenters. The van der Waals surface area contributed by atoms with Gasteiger partial charge in [-0.15, -0.1) is 0 Å². The summed E-state index contributed by atoms with van der Waals surface area (Å²) in [6.45, 7) is 3.42. The van der Waals surface area contributed by atoms with Crippen molar-refractivity contribution in [2.75, 3.05) is 6.61 Å². The van der Waals surface area contributed by atoms with Crippen molar-refractivity contribution in [3.8, 4) is 0 Å². The Kier molecular flexibility index (Phi) is 3.32. The van der Waals surface area contributed by atoms with Gasteiger partial charge in [-0.05, 0) is 19.3 Å². The molecule has 2 aliphatic rings. The molecule has 5 nitrogen and oxygen atoms in total. The quantitative estimate of drug-likeness (QED) is 0.345. The zero-order chi connectivity index (χ0) is 13.2. The summed E-state index contributed by atoms with van der Waals surface area (Å²) in [4.78, 5) is 34.6. The smallest absolute Gasteiger partial charge is 0.330 e. The highest BCUT2D eigenvalue weighted by molar-refractivity contribution is 6.07. The lowest BCUT2D eigenvalue weighted by atomic mass is 9.68. The third kappa shape index (κ3) is 1.96.